The Morgan fingerprint density at radius 2 is 2.04 bits per heavy atom. The van der Waals surface area contributed by atoms with E-state index < -0.39 is 12.1 Å². The van der Waals surface area contributed by atoms with Gasteiger partial charge in [-0.1, -0.05) is 38.3 Å². The maximum Gasteiger partial charge on any atom is 0.332 e. The van der Waals surface area contributed by atoms with Crippen LogP contribution in [-0.2, 0) is 9.59 Å². The molecule has 0 aromatic heterocycles. The number of hydrogen-bond acceptors (Lipinski definition) is 3. The minimum absolute atomic E-state index is 0.0172. The van der Waals surface area contributed by atoms with Crippen LogP contribution in [0.2, 0.25) is 0 Å². The normalized spacial score (nSPS) is 15.7. The van der Waals surface area contributed by atoms with E-state index in [9.17, 15) is 9.59 Å². The van der Waals surface area contributed by atoms with Gasteiger partial charge in [0, 0.05) is 24.8 Å². The molecule has 1 rings (SSSR count). The molecule has 0 aromatic rings. The highest BCUT2D eigenvalue weighted by molar-refractivity contribution is 5.99. The van der Waals surface area contributed by atoms with Crippen LogP contribution in [0.1, 0.15) is 64.7 Å². The van der Waals surface area contributed by atoms with Gasteiger partial charge in [0.25, 0.3) is 0 Å². The van der Waals surface area contributed by atoms with Gasteiger partial charge in [0.15, 0.2) is 11.9 Å². The van der Waals surface area contributed by atoms with Gasteiger partial charge in [0.1, 0.15) is 0 Å². The fourth-order valence-corrected chi connectivity index (χ4v) is 2.60. The molecule has 1 aliphatic rings. The molecule has 0 saturated carbocycles. The summed E-state index contributed by atoms with van der Waals surface area (Å²) in [5.74, 6) is -1.06. The summed E-state index contributed by atoms with van der Waals surface area (Å²) < 4.78 is 0. The number of ketones is 1. The van der Waals surface area contributed by atoms with E-state index in [-0.39, 0.29) is 12.2 Å². The largest absolute Gasteiger partial charge is 0.479 e. The number of carbonyl (C=O) groups is 2. The molecule has 24 heavy (non-hydrogen) atoms. The SMILES string of the molecule is CCCCCCC=CC1=C(CC=C=CCC(O)C(=O)O)C(=O)CC1. The van der Waals surface area contributed by atoms with Crippen LogP contribution < -0.4 is 0 Å². The van der Waals surface area contributed by atoms with E-state index in [2.05, 4.69) is 24.8 Å². The van der Waals surface area contributed by atoms with Gasteiger partial charge < -0.3 is 10.2 Å². The summed E-state index contributed by atoms with van der Waals surface area (Å²) in [6, 6.07) is 0. The first-order chi connectivity index (χ1) is 11.6. The third-order valence-electron chi connectivity index (χ3n) is 4.06. The number of hydrogen-bond donors (Lipinski definition) is 2. The van der Waals surface area contributed by atoms with Crippen molar-refractivity contribution in [1.82, 2.24) is 0 Å². The number of allylic oxidation sites excluding steroid dienone is 4. The van der Waals surface area contributed by atoms with Crippen molar-refractivity contribution in [3.8, 4) is 0 Å². The van der Waals surface area contributed by atoms with Gasteiger partial charge in [-0.25, -0.2) is 4.79 Å². The lowest BCUT2D eigenvalue weighted by atomic mass is 10.1. The summed E-state index contributed by atoms with van der Waals surface area (Å²) in [4.78, 5) is 22.4. The number of aliphatic carboxylic acids is 1. The Kier molecular flexibility index (Phi) is 9.74. The van der Waals surface area contributed by atoms with Crippen molar-refractivity contribution in [3.05, 3.63) is 41.2 Å². The zero-order valence-electron chi connectivity index (χ0n) is 14.5. The van der Waals surface area contributed by atoms with E-state index in [0.29, 0.717) is 12.8 Å². The molecule has 1 unspecified atom stereocenters. The maximum absolute atomic E-state index is 12.0. The molecule has 0 radical (unpaired) electrons. The molecule has 2 N–H and O–H groups in total. The highest BCUT2D eigenvalue weighted by atomic mass is 16.4. The van der Waals surface area contributed by atoms with Crippen molar-refractivity contribution in [2.45, 2.75) is 70.8 Å². The number of carboxylic acid groups (broad SMARTS) is 1. The predicted octanol–water partition coefficient (Wildman–Crippen LogP) is 4.11. The van der Waals surface area contributed by atoms with E-state index in [0.717, 1.165) is 24.0 Å². The first-order valence-electron chi connectivity index (χ1n) is 8.78. The lowest BCUT2D eigenvalue weighted by Gasteiger charge is -1.99. The Labute approximate surface area is 144 Å². The molecule has 1 aliphatic carbocycles. The lowest BCUT2D eigenvalue weighted by Crippen LogP contribution is -2.17. The number of carboxylic acids is 1. The monoisotopic (exact) mass is 332 g/mol. The van der Waals surface area contributed by atoms with Crippen molar-refractivity contribution in [3.63, 3.8) is 0 Å². The molecule has 0 aromatic carbocycles. The van der Waals surface area contributed by atoms with Gasteiger partial charge in [-0.15, -0.1) is 5.73 Å². The predicted molar refractivity (Wildman–Crippen MR) is 94.7 cm³/mol. The van der Waals surface area contributed by atoms with E-state index in [1.165, 1.54) is 31.8 Å². The average molecular weight is 332 g/mol. The van der Waals surface area contributed by atoms with Gasteiger partial charge in [-0.05, 0) is 37.0 Å². The molecule has 0 bridgehead atoms. The van der Waals surface area contributed by atoms with Crippen molar-refractivity contribution in [1.29, 1.82) is 0 Å². The number of Topliss-reactive ketones (excluding diaryl/α,β-unsaturated/α-hetero) is 1. The topological polar surface area (TPSA) is 74.6 Å². The van der Waals surface area contributed by atoms with Crippen LogP contribution in [0.5, 0.6) is 0 Å². The first kappa shape index (κ1) is 20.1. The van der Waals surface area contributed by atoms with Crippen molar-refractivity contribution >= 4 is 11.8 Å². The minimum atomic E-state index is -1.40. The van der Waals surface area contributed by atoms with Crippen LogP contribution >= 0.6 is 0 Å². The van der Waals surface area contributed by atoms with Crippen LogP contribution in [0.4, 0.5) is 0 Å². The number of aliphatic hydroxyl groups is 1. The molecule has 1 atom stereocenters. The number of rotatable bonds is 11. The third kappa shape index (κ3) is 7.58. The lowest BCUT2D eigenvalue weighted by molar-refractivity contribution is -0.146. The molecule has 0 fully saturated rings. The molecule has 0 spiro atoms. The molecule has 132 valence electrons. The molecular formula is C20H28O4. The smallest absolute Gasteiger partial charge is 0.332 e. The summed E-state index contributed by atoms with van der Waals surface area (Å²) in [6.07, 6.45) is 13.9. The number of carbonyl (C=O) groups excluding carboxylic acids is 1. The van der Waals surface area contributed by atoms with Crippen molar-refractivity contribution in [2.75, 3.05) is 0 Å². The molecule has 0 amide bonds. The number of aliphatic hydroxyl groups excluding tert-OH is 1. The third-order valence-corrected chi connectivity index (χ3v) is 4.06. The molecular weight excluding hydrogens is 304 g/mol. The Bertz CT molecular complexity index is 548. The van der Waals surface area contributed by atoms with Gasteiger partial charge in [0.05, 0.1) is 0 Å². The van der Waals surface area contributed by atoms with E-state index in [1.54, 1.807) is 6.08 Å². The highest BCUT2D eigenvalue weighted by Crippen LogP contribution is 2.27. The van der Waals surface area contributed by atoms with E-state index in [1.807, 2.05) is 0 Å². The Balaban J connectivity index is 2.52. The molecule has 0 aliphatic heterocycles. The van der Waals surface area contributed by atoms with Gasteiger partial charge >= 0.3 is 5.97 Å². The zero-order valence-corrected chi connectivity index (χ0v) is 14.5. The van der Waals surface area contributed by atoms with E-state index >= 15 is 0 Å². The Morgan fingerprint density at radius 3 is 2.75 bits per heavy atom. The van der Waals surface area contributed by atoms with E-state index in [4.69, 9.17) is 10.2 Å². The molecule has 0 saturated heterocycles. The molecule has 0 heterocycles. The first-order valence-corrected chi connectivity index (χ1v) is 8.78. The Hall–Kier alpha value is -1.90. The van der Waals surface area contributed by atoms with Crippen molar-refractivity contribution < 1.29 is 19.8 Å². The standard InChI is InChI=1S/C20H28O4/c1-2-3-4-5-6-8-11-16-14-15-18(21)17(16)12-9-7-10-13-19(22)20(23)24/h8-11,19,22H,2-6,12-15H2,1H3,(H,23,24). The van der Waals surface area contributed by atoms with Crippen LogP contribution in [0.3, 0.4) is 0 Å². The zero-order chi connectivity index (χ0) is 17.8. The fraction of sp³-hybridized carbons (Fsp3) is 0.550. The van der Waals surface area contributed by atoms with Crippen molar-refractivity contribution in [2.24, 2.45) is 0 Å². The molecule has 4 heteroatoms. The summed E-state index contributed by atoms with van der Waals surface area (Å²) >= 11 is 0. The van der Waals surface area contributed by atoms with Crippen LogP contribution in [0.25, 0.3) is 0 Å². The van der Waals surface area contributed by atoms with Gasteiger partial charge in [-0.2, -0.15) is 0 Å². The molecule has 4 nitrogen and oxygen atoms in total. The van der Waals surface area contributed by atoms with Gasteiger partial charge in [-0.3, -0.25) is 4.79 Å². The summed E-state index contributed by atoms with van der Waals surface area (Å²) in [7, 11) is 0. The second-order valence-electron chi connectivity index (χ2n) is 6.05. The van der Waals surface area contributed by atoms with Gasteiger partial charge in [0.2, 0.25) is 0 Å². The van der Waals surface area contributed by atoms with Crippen LogP contribution in [-0.4, -0.2) is 28.1 Å². The van der Waals surface area contributed by atoms with Crippen LogP contribution in [0, 0.1) is 0 Å². The number of unbranched alkanes of at least 4 members (excludes halogenated alkanes) is 4. The fourth-order valence-electron chi connectivity index (χ4n) is 2.60. The second-order valence-corrected chi connectivity index (χ2v) is 6.05. The summed E-state index contributed by atoms with van der Waals surface area (Å²) in [5.41, 5.74) is 4.79. The second kappa shape index (κ2) is 11.6. The summed E-state index contributed by atoms with van der Waals surface area (Å²) in [5, 5.41) is 17.7. The van der Waals surface area contributed by atoms with Crippen LogP contribution in [0.15, 0.2) is 41.2 Å². The quantitative estimate of drug-likeness (QED) is 0.441. The Morgan fingerprint density at radius 1 is 1.25 bits per heavy atom. The maximum atomic E-state index is 12.0. The highest BCUT2D eigenvalue weighted by Gasteiger charge is 2.19. The summed E-state index contributed by atoms with van der Waals surface area (Å²) in [6.45, 7) is 2.20. The average Bonchev–Trinajstić information content (AvgIpc) is 2.90. The minimum Gasteiger partial charge on any atom is -0.479 e.